The van der Waals surface area contributed by atoms with E-state index in [0.717, 1.165) is 39.6 Å². The zero-order valence-electron chi connectivity index (χ0n) is 43.3. The number of rotatable bonds is 11. The van der Waals surface area contributed by atoms with Crippen LogP contribution in [-0.4, -0.2) is 4.40 Å². The first-order chi connectivity index (χ1) is 39.2. The zero-order chi connectivity index (χ0) is 52.2. The summed E-state index contributed by atoms with van der Waals surface area (Å²) in [7, 11) is 0. The van der Waals surface area contributed by atoms with Gasteiger partial charge in [0.2, 0.25) is 0 Å². The first-order valence-electron chi connectivity index (χ1n) is 27.1. The second-order valence-corrected chi connectivity index (χ2v) is 20.5. The lowest BCUT2D eigenvalue weighted by molar-refractivity contribution is 1.28. The van der Waals surface area contributed by atoms with Gasteiger partial charge in [-0.3, -0.25) is 0 Å². The van der Waals surface area contributed by atoms with E-state index in [9.17, 15) is 0 Å². The molecule has 0 unspecified atom stereocenters. The van der Waals surface area contributed by atoms with Crippen molar-refractivity contribution in [2.24, 2.45) is 0 Å². The van der Waals surface area contributed by atoms with Crippen LogP contribution in [0.25, 0.3) is 105 Å². The van der Waals surface area contributed by atoms with Crippen molar-refractivity contribution in [3.05, 3.63) is 309 Å². The van der Waals surface area contributed by atoms with E-state index in [-0.39, 0.29) is 0 Å². The summed E-state index contributed by atoms with van der Waals surface area (Å²) >= 11 is 0. The Hall–Kier alpha value is -10.5. The minimum Gasteiger partial charge on any atom is -0.310 e. The Morgan fingerprint density at radius 2 is 0.570 bits per heavy atom. The summed E-state index contributed by atoms with van der Waals surface area (Å²) in [4.78, 5) is 4.86. The van der Waals surface area contributed by atoms with Crippen molar-refractivity contribution >= 4 is 83.0 Å². The van der Waals surface area contributed by atoms with Crippen LogP contribution in [-0.2, 0) is 0 Å². The largest absolute Gasteiger partial charge is 0.310 e. The van der Waals surface area contributed by atoms with E-state index in [1.807, 2.05) is 0 Å². The Labute approximate surface area is 459 Å². The van der Waals surface area contributed by atoms with Gasteiger partial charge in [-0.15, -0.1) is 0 Å². The van der Waals surface area contributed by atoms with Gasteiger partial charge in [-0.2, -0.15) is 0 Å². The maximum atomic E-state index is 2.54. The summed E-state index contributed by atoms with van der Waals surface area (Å²) < 4.78 is 2.54. The summed E-state index contributed by atoms with van der Waals surface area (Å²) in [6, 6.07) is 113. The lowest BCUT2D eigenvalue weighted by Crippen LogP contribution is -2.10. The molecule has 0 N–H and O–H groups in total. The van der Waals surface area contributed by atoms with Crippen LogP contribution in [0, 0.1) is 0 Å². The summed E-state index contributed by atoms with van der Waals surface area (Å²) in [5.74, 6) is 0. The molecule has 3 heteroatoms. The Balaban J connectivity index is 0.972. The number of hydrogen-bond acceptors (Lipinski definition) is 2. The number of benzene rings is 13. The quantitative estimate of drug-likeness (QED) is 0.128. The topological polar surface area (TPSA) is 10.9 Å². The monoisotopic (exact) mass is 1010 g/mol. The van der Waals surface area contributed by atoms with Crippen LogP contribution >= 0.6 is 0 Å². The van der Waals surface area contributed by atoms with Crippen LogP contribution in [0.5, 0.6) is 0 Å². The molecule has 0 radical (unpaired) electrons. The minimum absolute atomic E-state index is 1.08. The predicted octanol–water partition coefficient (Wildman–Crippen LogP) is 21.3. The van der Waals surface area contributed by atoms with Gasteiger partial charge in [0, 0.05) is 55.7 Å². The van der Waals surface area contributed by atoms with Crippen LogP contribution in [0.4, 0.5) is 34.1 Å². The van der Waals surface area contributed by atoms with Crippen molar-refractivity contribution in [1.29, 1.82) is 0 Å². The van der Waals surface area contributed by atoms with Gasteiger partial charge >= 0.3 is 0 Å². The molecule has 2 heterocycles. The molecule has 79 heavy (non-hydrogen) atoms. The van der Waals surface area contributed by atoms with Gasteiger partial charge in [-0.25, -0.2) is 0 Å². The Morgan fingerprint density at radius 3 is 1.00 bits per heavy atom. The molecule has 0 amide bonds. The summed E-state index contributed by atoms with van der Waals surface area (Å²) in [5.41, 5.74) is 21.9. The predicted molar refractivity (Wildman–Crippen MR) is 335 cm³/mol. The van der Waals surface area contributed by atoms with Crippen LogP contribution in [0.3, 0.4) is 0 Å². The molecule has 15 rings (SSSR count). The highest BCUT2D eigenvalue weighted by Gasteiger charge is 2.24. The van der Waals surface area contributed by atoms with Crippen molar-refractivity contribution in [3.8, 4) is 55.6 Å². The van der Waals surface area contributed by atoms with Crippen LogP contribution in [0.1, 0.15) is 0 Å². The highest BCUT2D eigenvalue weighted by Crippen LogP contribution is 2.48. The number of nitrogens with zero attached hydrogens (tertiary/aromatic N) is 3. The van der Waals surface area contributed by atoms with E-state index in [2.05, 4.69) is 324 Å². The fourth-order valence-corrected chi connectivity index (χ4v) is 12.1. The fraction of sp³-hybridized carbons (Fsp3) is 0. The molecule has 0 aliphatic heterocycles. The van der Waals surface area contributed by atoms with Gasteiger partial charge in [0.15, 0.2) is 0 Å². The molecule has 0 aliphatic rings. The Morgan fingerprint density at radius 1 is 0.203 bits per heavy atom. The van der Waals surface area contributed by atoms with Crippen molar-refractivity contribution in [2.45, 2.75) is 0 Å². The average molecular weight is 1010 g/mol. The van der Waals surface area contributed by atoms with Gasteiger partial charge in [-0.1, -0.05) is 218 Å². The summed E-state index contributed by atoms with van der Waals surface area (Å²) in [6.07, 6.45) is 0. The third kappa shape index (κ3) is 8.16. The molecule has 0 fully saturated rings. The molecular weight excluding hydrogens is 955 g/mol. The zero-order valence-corrected chi connectivity index (χ0v) is 43.3. The highest BCUT2D eigenvalue weighted by atomic mass is 15.1. The van der Waals surface area contributed by atoms with Crippen molar-refractivity contribution < 1.29 is 0 Å². The molecule has 370 valence electrons. The smallest absolute Gasteiger partial charge is 0.0627 e. The van der Waals surface area contributed by atoms with E-state index >= 15 is 0 Å². The van der Waals surface area contributed by atoms with Crippen LogP contribution < -0.4 is 9.80 Å². The third-order valence-corrected chi connectivity index (χ3v) is 15.8. The number of hydrogen-bond donors (Lipinski definition) is 0. The number of fused-ring (bicyclic) bond motifs is 8. The lowest BCUT2D eigenvalue weighted by atomic mass is 9.97. The number of aromatic nitrogens is 1. The SMILES string of the molecule is c1ccc(-c2cccc(N(c3cccc(-c4ccccc4)c3)c3ccc4cc5c6ccc(N(c7cccc(-c8ccccc8)c7)c7cccc(-c8ccccc8)c7)cc6n6c7ccc(-c8ccccc8)cc7c(c4c3)c56)c2)cc1. The minimum atomic E-state index is 1.08. The summed E-state index contributed by atoms with van der Waals surface area (Å²) in [6.45, 7) is 0. The second kappa shape index (κ2) is 19.3. The number of anilines is 6. The normalized spacial score (nSPS) is 11.5. The molecule has 3 nitrogen and oxygen atoms in total. The van der Waals surface area contributed by atoms with Crippen molar-refractivity contribution in [2.75, 3.05) is 9.80 Å². The second-order valence-electron chi connectivity index (χ2n) is 20.5. The van der Waals surface area contributed by atoms with Crippen LogP contribution in [0.2, 0.25) is 0 Å². The molecule has 0 aliphatic carbocycles. The van der Waals surface area contributed by atoms with E-state index in [1.165, 1.54) is 99.0 Å². The standard InChI is InChI=1S/C76H51N3/c1-6-20-52(21-7-1)57-30-16-34-63(44-57)77(64-35-17-31-58(45-64)53-22-8-2-9-23-53)67-40-38-62-49-71-69-42-41-68(51-74(69)79-73-43-39-61(56-28-14-5-15-29-56)48-72(73)75(76(71)79)70(62)50-67)78(65-36-18-32-59(46-65)54-24-10-3-11-25-54)66-37-19-33-60(47-66)55-26-12-4-13-27-55/h1-51H. The van der Waals surface area contributed by atoms with Crippen molar-refractivity contribution in [1.82, 2.24) is 4.40 Å². The molecular formula is C76H51N3. The van der Waals surface area contributed by atoms with E-state index in [0.29, 0.717) is 0 Å². The molecule has 13 aromatic carbocycles. The van der Waals surface area contributed by atoms with Gasteiger partial charge in [0.05, 0.1) is 16.6 Å². The first kappa shape index (κ1) is 45.9. The maximum Gasteiger partial charge on any atom is 0.0627 e. The van der Waals surface area contributed by atoms with Crippen LogP contribution in [0.15, 0.2) is 309 Å². The Kier molecular flexibility index (Phi) is 11.2. The lowest BCUT2D eigenvalue weighted by Gasteiger charge is -2.27. The van der Waals surface area contributed by atoms with E-state index in [4.69, 9.17) is 0 Å². The van der Waals surface area contributed by atoms with E-state index in [1.54, 1.807) is 0 Å². The molecule has 15 aromatic rings. The first-order valence-corrected chi connectivity index (χ1v) is 27.1. The molecule has 2 aromatic heterocycles. The molecule has 0 saturated carbocycles. The average Bonchev–Trinajstić information content (AvgIpc) is 3.26. The fourth-order valence-electron chi connectivity index (χ4n) is 12.1. The van der Waals surface area contributed by atoms with Gasteiger partial charge in [0.25, 0.3) is 0 Å². The summed E-state index contributed by atoms with van der Waals surface area (Å²) in [5, 5.41) is 7.33. The van der Waals surface area contributed by atoms with Gasteiger partial charge < -0.3 is 14.2 Å². The molecule has 0 spiro atoms. The van der Waals surface area contributed by atoms with E-state index < -0.39 is 0 Å². The Bertz CT molecular complexity index is 4540. The molecule has 0 bridgehead atoms. The third-order valence-electron chi connectivity index (χ3n) is 15.8. The maximum absolute atomic E-state index is 2.54. The highest BCUT2D eigenvalue weighted by molar-refractivity contribution is 6.32. The molecule has 0 atom stereocenters. The van der Waals surface area contributed by atoms with Gasteiger partial charge in [0.1, 0.15) is 0 Å². The van der Waals surface area contributed by atoms with Crippen molar-refractivity contribution in [3.63, 3.8) is 0 Å². The molecule has 0 saturated heterocycles. The van der Waals surface area contributed by atoms with Gasteiger partial charge in [-0.05, 0) is 157 Å².